The van der Waals surface area contributed by atoms with E-state index in [1.807, 2.05) is 60.8 Å². The van der Waals surface area contributed by atoms with Gasteiger partial charge in [0.05, 0.1) is 20.8 Å². The maximum atomic E-state index is 13.4. The third-order valence-corrected chi connectivity index (χ3v) is 5.50. The van der Waals surface area contributed by atoms with Crippen molar-refractivity contribution in [3.05, 3.63) is 94.9 Å². The number of rotatable bonds is 7. The van der Waals surface area contributed by atoms with Crippen molar-refractivity contribution in [2.24, 2.45) is 0 Å². The number of esters is 1. The van der Waals surface area contributed by atoms with Crippen molar-refractivity contribution in [2.75, 3.05) is 20.8 Å². The third kappa shape index (κ3) is 4.71. The summed E-state index contributed by atoms with van der Waals surface area (Å²) in [6, 6.07) is 20.5. The minimum atomic E-state index is -0.378. The Morgan fingerprint density at radius 1 is 0.882 bits per heavy atom. The van der Waals surface area contributed by atoms with Crippen molar-refractivity contribution in [1.82, 2.24) is 4.57 Å². The largest absolute Gasteiger partial charge is 0.497 e. The van der Waals surface area contributed by atoms with E-state index in [1.165, 1.54) is 6.08 Å². The monoisotopic (exact) mass is 455 g/mol. The number of hydrogen-bond acceptors (Lipinski definition) is 5. The first-order valence-electron chi connectivity index (χ1n) is 10.9. The number of aromatic nitrogens is 1. The van der Waals surface area contributed by atoms with Gasteiger partial charge in [0, 0.05) is 34.3 Å². The molecular weight excluding hydrogens is 430 g/mol. The van der Waals surface area contributed by atoms with Crippen molar-refractivity contribution < 1.29 is 19.0 Å². The van der Waals surface area contributed by atoms with E-state index >= 15 is 0 Å². The van der Waals surface area contributed by atoms with Crippen LogP contribution < -0.4 is 15.0 Å². The maximum absolute atomic E-state index is 13.4. The number of carbonyl (C=O) groups is 1. The number of benzene rings is 3. The predicted molar refractivity (Wildman–Crippen MR) is 134 cm³/mol. The van der Waals surface area contributed by atoms with Crippen LogP contribution in [-0.2, 0) is 9.53 Å². The van der Waals surface area contributed by atoms with E-state index in [1.54, 1.807) is 43.9 Å². The zero-order valence-corrected chi connectivity index (χ0v) is 19.3. The molecule has 0 amide bonds. The minimum absolute atomic E-state index is 0.124. The lowest BCUT2D eigenvalue weighted by Crippen LogP contribution is -2.18. The zero-order chi connectivity index (χ0) is 24.1. The standard InChI is InChI=1S/C28H25NO5/c1-4-34-27(30)16-7-19-5-8-20(9-6-19)26-18-29(21-10-12-22(32-2)13-11-21)28(31)24-15-14-23(33-3)17-25(24)26/h5-18H,4H2,1-3H3/b16-7+. The van der Waals surface area contributed by atoms with Crippen molar-refractivity contribution in [2.45, 2.75) is 6.92 Å². The lowest BCUT2D eigenvalue weighted by Gasteiger charge is -2.14. The molecule has 0 N–H and O–H groups in total. The number of nitrogens with zero attached hydrogens (tertiary/aromatic N) is 1. The first-order chi connectivity index (χ1) is 16.5. The minimum Gasteiger partial charge on any atom is -0.497 e. The highest BCUT2D eigenvalue weighted by molar-refractivity contribution is 5.97. The maximum Gasteiger partial charge on any atom is 0.330 e. The molecule has 6 nitrogen and oxygen atoms in total. The molecule has 0 aliphatic carbocycles. The van der Waals surface area contributed by atoms with Crippen LogP contribution in [0, 0.1) is 0 Å². The highest BCUT2D eigenvalue weighted by atomic mass is 16.5. The highest BCUT2D eigenvalue weighted by Crippen LogP contribution is 2.31. The summed E-state index contributed by atoms with van der Waals surface area (Å²) in [6.45, 7) is 2.10. The van der Waals surface area contributed by atoms with Crippen LogP contribution in [0.4, 0.5) is 0 Å². The van der Waals surface area contributed by atoms with E-state index in [2.05, 4.69) is 0 Å². The lowest BCUT2D eigenvalue weighted by molar-refractivity contribution is -0.137. The summed E-state index contributed by atoms with van der Waals surface area (Å²) < 4.78 is 17.2. The molecule has 0 radical (unpaired) electrons. The molecule has 4 rings (SSSR count). The molecule has 0 spiro atoms. The van der Waals surface area contributed by atoms with Crippen molar-refractivity contribution in [3.63, 3.8) is 0 Å². The third-order valence-electron chi connectivity index (χ3n) is 5.50. The van der Waals surface area contributed by atoms with Gasteiger partial charge in [-0.15, -0.1) is 0 Å². The lowest BCUT2D eigenvalue weighted by atomic mass is 9.99. The van der Waals surface area contributed by atoms with Gasteiger partial charge in [-0.25, -0.2) is 4.79 Å². The number of hydrogen-bond donors (Lipinski definition) is 0. The van der Waals surface area contributed by atoms with Crippen LogP contribution in [0.25, 0.3) is 33.7 Å². The second-order valence-electron chi connectivity index (χ2n) is 7.53. The van der Waals surface area contributed by atoms with Gasteiger partial charge in [0.25, 0.3) is 5.56 Å². The van der Waals surface area contributed by atoms with Crippen LogP contribution in [0.5, 0.6) is 11.5 Å². The molecular formula is C28H25NO5. The van der Waals surface area contributed by atoms with Crippen LogP contribution in [-0.4, -0.2) is 31.4 Å². The van der Waals surface area contributed by atoms with E-state index < -0.39 is 0 Å². The van der Waals surface area contributed by atoms with Gasteiger partial charge in [-0.1, -0.05) is 24.3 Å². The molecule has 0 fully saturated rings. The fraction of sp³-hybridized carbons (Fsp3) is 0.143. The molecule has 4 aromatic rings. The second-order valence-corrected chi connectivity index (χ2v) is 7.53. The van der Waals surface area contributed by atoms with Crippen LogP contribution >= 0.6 is 0 Å². The van der Waals surface area contributed by atoms with Crippen molar-refractivity contribution in [3.8, 4) is 28.3 Å². The molecule has 0 aliphatic heterocycles. The summed E-state index contributed by atoms with van der Waals surface area (Å²) in [5.41, 5.74) is 3.28. The summed E-state index contributed by atoms with van der Waals surface area (Å²) in [5, 5.41) is 1.38. The fourth-order valence-electron chi connectivity index (χ4n) is 3.74. The van der Waals surface area contributed by atoms with Gasteiger partial charge in [0.2, 0.25) is 0 Å². The Labute approximate surface area is 197 Å². The van der Waals surface area contributed by atoms with E-state index in [0.29, 0.717) is 23.5 Å². The Hall–Kier alpha value is -4.32. The fourth-order valence-corrected chi connectivity index (χ4v) is 3.74. The molecule has 34 heavy (non-hydrogen) atoms. The highest BCUT2D eigenvalue weighted by Gasteiger charge is 2.13. The van der Waals surface area contributed by atoms with Gasteiger partial charge in [-0.2, -0.15) is 0 Å². The Kier molecular flexibility index (Phi) is 6.78. The Morgan fingerprint density at radius 3 is 2.21 bits per heavy atom. The van der Waals surface area contributed by atoms with Gasteiger partial charge < -0.3 is 14.2 Å². The first-order valence-corrected chi connectivity index (χ1v) is 10.9. The van der Waals surface area contributed by atoms with Gasteiger partial charge in [-0.05, 0) is 66.6 Å². The number of fused-ring (bicyclic) bond motifs is 1. The number of methoxy groups -OCH3 is 2. The van der Waals surface area contributed by atoms with Crippen LogP contribution in [0.2, 0.25) is 0 Å². The van der Waals surface area contributed by atoms with Crippen molar-refractivity contribution >= 4 is 22.8 Å². The summed E-state index contributed by atoms with van der Waals surface area (Å²) in [6.07, 6.45) is 4.96. The first kappa shape index (κ1) is 22.9. The molecule has 1 heterocycles. The van der Waals surface area contributed by atoms with Crippen LogP contribution in [0.1, 0.15) is 12.5 Å². The predicted octanol–water partition coefficient (Wildman–Crippen LogP) is 5.25. The number of ether oxygens (including phenoxy) is 3. The smallest absolute Gasteiger partial charge is 0.330 e. The van der Waals surface area contributed by atoms with E-state index in [4.69, 9.17) is 14.2 Å². The molecule has 0 aliphatic rings. The van der Waals surface area contributed by atoms with Crippen LogP contribution in [0.15, 0.2) is 83.8 Å². The van der Waals surface area contributed by atoms with Gasteiger partial charge in [0.1, 0.15) is 11.5 Å². The summed E-state index contributed by atoms with van der Waals surface area (Å²) in [5.74, 6) is 1.01. The Bertz CT molecular complexity index is 1400. The second kappa shape index (κ2) is 10.1. The van der Waals surface area contributed by atoms with Crippen LogP contribution in [0.3, 0.4) is 0 Å². The van der Waals surface area contributed by atoms with E-state index in [0.717, 1.165) is 27.8 Å². The average molecular weight is 456 g/mol. The average Bonchev–Trinajstić information content (AvgIpc) is 2.88. The van der Waals surface area contributed by atoms with E-state index in [-0.39, 0.29) is 11.5 Å². The van der Waals surface area contributed by atoms with Gasteiger partial charge in [-0.3, -0.25) is 9.36 Å². The van der Waals surface area contributed by atoms with E-state index in [9.17, 15) is 9.59 Å². The van der Waals surface area contributed by atoms with Gasteiger partial charge in [0.15, 0.2) is 0 Å². The quantitative estimate of drug-likeness (QED) is 0.281. The SMILES string of the molecule is CCOC(=O)/C=C/c1ccc(-c2cn(-c3ccc(OC)cc3)c(=O)c3ccc(OC)cc23)cc1. The molecule has 0 saturated carbocycles. The molecule has 6 heteroatoms. The summed E-state index contributed by atoms with van der Waals surface area (Å²) in [7, 11) is 3.21. The Morgan fingerprint density at radius 2 is 1.56 bits per heavy atom. The molecule has 0 saturated heterocycles. The Balaban J connectivity index is 1.84. The zero-order valence-electron chi connectivity index (χ0n) is 19.3. The molecule has 3 aromatic carbocycles. The number of carbonyl (C=O) groups excluding carboxylic acids is 1. The van der Waals surface area contributed by atoms with Gasteiger partial charge >= 0.3 is 5.97 Å². The molecule has 0 atom stereocenters. The molecule has 172 valence electrons. The summed E-state index contributed by atoms with van der Waals surface area (Å²) in [4.78, 5) is 25.0. The molecule has 0 bridgehead atoms. The normalized spacial score (nSPS) is 11.0. The summed E-state index contributed by atoms with van der Waals surface area (Å²) >= 11 is 0. The molecule has 1 aromatic heterocycles. The van der Waals surface area contributed by atoms with Crippen molar-refractivity contribution in [1.29, 1.82) is 0 Å². The topological polar surface area (TPSA) is 66.8 Å². The number of pyridine rings is 1. The molecule has 0 unspecified atom stereocenters.